The predicted octanol–water partition coefficient (Wildman–Crippen LogP) is -2.74. The van der Waals surface area contributed by atoms with Gasteiger partial charge in [0.05, 0.1) is 11.9 Å². The van der Waals surface area contributed by atoms with Gasteiger partial charge < -0.3 is 30.0 Å². The van der Waals surface area contributed by atoms with Gasteiger partial charge in [-0.2, -0.15) is 0 Å². The van der Waals surface area contributed by atoms with E-state index in [4.69, 9.17) is 0 Å². The SMILES string of the molecule is CC(C)[C@](O)(C(=O)[O-])[C@@](O)(C(=O)[O-])C(C)C. The zero-order valence-corrected chi connectivity index (χ0v) is 9.68. The number of aliphatic carboxylic acids is 2. The number of carbonyl (C=O) groups is 2. The molecule has 0 aliphatic carbocycles. The molecular weight excluding hydrogens is 216 g/mol. The Morgan fingerprint density at radius 1 is 0.875 bits per heavy atom. The molecular formula is C10H16O6-2. The predicted molar refractivity (Wildman–Crippen MR) is 49.6 cm³/mol. The van der Waals surface area contributed by atoms with E-state index in [1.807, 2.05) is 0 Å². The zero-order chi connectivity index (χ0) is 13.3. The van der Waals surface area contributed by atoms with Crippen LogP contribution >= 0.6 is 0 Å². The lowest BCUT2D eigenvalue weighted by Gasteiger charge is -2.49. The van der Waals surface area contributed by atoms with Crippen molar-refractivity contribution in [2.75, 3.05) is 0 Å². The van der Waals surface area contributed by atoms with Crippen molar-refractivity contribution in [1.82, 2.24) is 0 Å². The molecule has 2 atom stereocenters. The number of hydrogen-bond acceptors (Lipinski definition) is 6. The summed E-state index contributed by atoms with van der Waals surface area (Å²) in [5.74, 6) is -6.18. The third-order valence-electron chi connectivity index (χ3n) is 2.87. The summed E-state index contributed by atoms with van der Waals surface area (Å²) in [6.45, 7) is 5.08. The molecule has 6 heteroatoms. The van der Waals surface area contributed by atoms with Gasteiger partial charge in [0.1, 0.15) is 11.2 Å². The standard InChI is InChI=1S/C10H18O6/c1-5(2)9(15,7(11)12)10(16,6(3)4)8(13)14/h5-6,15-16H,1-4H3,(H,11,12)(H,13,14)/p-2/t9-,10-/m0/s1. The van der Waals surface area contributed by atoms with Crippen molar-refractivity contribution in [3.63, 3.8) is 0 Å². The summed E-state index contributed by atoms with van der Waals surface area (Å²) in [4.78, 5) is 21.8. The fraction of sp³-hybridized carbons (Fsp3) is 0.800. The number of carbonyl (C=O) groups excluding carboxylic acids is 2. The first kappa shape index (κ1) is 14.9. The van der Waals surface area contributed by atoms with E-state index >= 15 is 0 Å². The van der Waals surface area contributed by atoms with Gasteiger partial charge in [-0.25, -0.2) is 0 Å². The van der Waals surface area contributed by atoms with Gasteiger partial charge in [-0.3, -0.25) is 0 Å². The van der Waals surface area contributed by atoms with Crippen molar-refractivity contribution in [3.8, 4) is 0 Å². The van der Waals surface area contributed by atoms with Crippen molar-refractivity contribution in [2.24, 2.45) is 11.8 Å². The number of carboxylic acid groups (broad SMARTS) is 2. The van der Waals surface area contributed by atoms with E-state index in [1.165, 1.54) is 27.7 Å². The third-order valence-corrected chi connectivity index (χ3v) is 2.87. The Kier molecular flexibility index (Phi) is 4.07. The van der Waals surface area contributed by atoms with Crippen molar-refractivity contribution in [1.29, 1.82) is 0 Å². The summed E-state index contributed by atoms with van der Waals surface area (Å²) in [6, 6.07) is 0. The van der Waals surface area contributed by atoms with Crippen molar-refractivity contribution in [2.45, 2.75) is 38.9 Å². The van der Waals surface area contributed by atoms with E-state index in [-0.39, 0.29) is 0 Å². The van der Waals surface area contributed by atoms with E-state index in [9.17, 15) is 30.0 Å². The lowest BCUT2D eigenvalue weighted by atomic mass is 9.69. The number of aliphatic hydroxyl groups is 2. The number of rotatable bonds is 5. The van der Waals surface area contributed by atoms with Crippen LogP contribution < -0.4 is 10.2 Å². The average molecular weight is 232 g/mol. The molecule has 0 aromatic rings. The van der Waals surface area contributed by atoms with Crippen LogP contribution in [0.15, 0.2) is 0 Å². The summed E-state index contributed by atoms with van der Waals surface area (Å²) < 4.78 is 0. The molecule has 0 spiro atoms. The molecule has 0 unspecified atom stereocenters. The second-order valence-corrected chi connectivity index (χ2v) is 4.42. The van der Waals surface area contributed by atoms with Crippen LogP contribution in [0.2, 0.25) is 0 Å². The Hall–Kier alpha value is -1.14. The van der Waals surface area contributed by atoms with E-state index < -0.39 is 35.0 Å². The van der Waals surface area contributed by atoms with E-state index in [0.29, 0.717) is 0 Å². The highest BCUT2D eigenvalue weighted by Gasteiger charge is 2.55. The largest absolute Gasteiger partial charge is 0.547 e. The van der Waals surface area contributed by atoms with Crippen molar-refractivity contribution in [3.05, 3.63) is 0 Å². The van der Waals surface area contributed by atoms with Gasteiger partial charge in [0.15, 0.2) is 0 Å². The fourth-order valence-electron chi connectivity index (χ4n) is 1.66. The molecule has 0 aliphatic rings. The van der Waals surface area contributed by atoms with E-state index in [2.05, 4.69) is 0 Å². The van der Waals surface area contributed by atoms with Crippen LogP contribution in [0.5, 0.6) is 0 Å². The maximum absolute atomic E-state index is 10.9. The molecule has 0 fully saturated rings. The molecule has 0 saturated heterocycles. The topological polar surface area (TPSA) is 121 Å². The Labute approximate surface area is 93.5 Å². The van der Waals surface area contributed by atoms with Crippen molar-refractivity contribution < 1.29 is 30.0 Å². The van der Waals surface area contributed by atoms with Gasteiger partial charge in [-0.1, -0.05) is 27.7 Å². The van der Waals surface area contributed by atoms with Crippen LogP contribution in [0, 0.1) is 11.8 Å². The summed E-state index contributed by atoms with van der Waals surface area (Å²) >= 11 is 0. The third kappa shape index (κ3) is 1.78. The minimum absolute atomic E-state index is 1.05. The molecule has 0 heterocycles. The first-order valence-corrected chi connectivity index (χ1v) is 4.90. The van der Waals surface area contributed by atoms with E-state index in [0.717, 1.165) is 0 Å². The monoisotopic (exact) mass is 232 g/mol. The Balaban J connectivity index is 5.84. The lowest BCUT2D eigenvalue weighted by molar-refractivity contribution is -0.366. The van der Waals surface area contributed by atoms with Crippen LogP contribution in [0.4, 0.5) is 0 Å². The van der Waals surface area contributed by atoms with Gasteiger partial charge in [0.25, 0.3) is 0 Å². The summed E-state index contributed by atoms with van der Waals surface area (Å²) in [5, 5.41) is 41.6. The quantitative estimate of drug-likeness (QED) is 0.530. The molecule has 2 N–H and O–H groups in total. The molecule has 6 nitrogen and oxygen atoms in total. The molecule has 0 bridgehead atoms. The second kappa shape index (κ2) is 4.39. The van der Waals surface area contributed by atoms with Gasteiger partial charge in [0, 0.05) is 0 Å². The van der Waals surface area contributed by atoms with E-state index in [1.54, 1.807) is 0 Å². The molecule has 0 aromatic carbocycles. The summed E-state index contributed by atoms with van der Waals surface area (Å²) in [6.07, 6.45) is 0. The molecule has 0 rings (SSSR count). The first-order valence-electron chi connectivity index (χ1n) is 4.90. The van der Waals surface area contributed by atoms with Gasteiger partial charge in [-0.15, -0.1) is 0 Å². The summed E-state index contributed by atoms with van der Waals surface area (Å²) in [5.41, 5.74) is -5.81. The van der Waals surface area contributed by atoms with Crippen LogP contribution in [-0.2, 0) is 9.59 Å². The molecule has 94 valence electrons. The smallest absolute Gasteiger partial charge is 0.140 e. The molecule has 0 aliphatic heterocycles. The van der Waals surface area contributed by atoms with Crippen molar-refractivity contribution >= 4 is 11.9 Å². The minimum atomic E-state index is -2.90. The molecule has 0 radical (unpaired) electrons. The Bertz CT molecular complexity index is 268. The highest BCUT2D eigenvalue weighted by molar-refractivity contribution is 5.89. The van der Waals surface area contributed by atoms with Crippen LogP contribution in [0.3, 0.4) is 0 Å². The Morgan fingerprint density at radius 3 is 1.12 bits per heavy atom. The minimum Gasteiger partial charge on any atom is -0.547 e. The zero-order valence-electron chi connectivity index (χ0n) is 9.68. The summed E-state index contributed by atoms with van der Waals surface area (Å²) in [7, 11) is 0. The van der Waals surface area contributed by atoms with Gasteiger partial charge >= 0.3 is 0 Å². The van der Waals surface area contributed by atoms with Gasteiger partial charge in [0.2, 0.25) is 0 Å². The number of hydrogen-bond donors (Lipinski definition) is 2. The van der Waals surface area contributed by atoms with Crippen LogP contribution in [0.25, 0.3) is 0 Å². The second-order valence-electron chi connectivity index (χ2n) is 4.42. The molecule has 16 heavy (non-hydrogen) atoms. The first-order chi connectivity index (χ1) is 7.02. The maximum Gasteiger partial charge on any atom is 0.140 e. The average Bonchev–Trinajstić information content (AvgIpc) is 2.13. The molecule has 0 saturated carbocycles. The number of carboxylic acids is 2. The molecule has 0 aromatic heterocycles. The molecule has 0 amide bonds. The lowest BCUT2D eigenvalue weighted by Crippen LogP contribution is -2.74. The normalized spacial score (nSPS) is 19.2. The Morgan fingerprint density at radius 2 is 1.06 bits per heavy atom. The maximum atomic E-state index is 10.9. The van der Waals surface area contributed by atoms with Crippen LogP contribution in [0.1, 0.15) is 27.7 Å². The van der Waals surface area contributed by atoms with Gasteiger partial charge in [-0.05, 0) is 11.8 Å². The fourth-order valence-corrected chi connectivity index (χ4v) is 1.66. The highest BCUT2D eigenvalue weighted by Crippen LogP contribution is 2.35. The highest BCUT2D eigenvalue weighted by atomic mass is 16.5. The van der Waals surface area contributed by atoms with Crippen LogP contribution in [-0.4, -0.2) is 33.4 Å².